The van der Waals surface area contributed by atoms with Crippen LogP contribution in [0.15, 0.2) is 57.5 Å². The van der Waals surface area contributed by atoms with Gasteiger partial charge in [-0.2, -0.15) is 0 Å². The molecule has 6 N–H and O–H groups in total. The number of amides is 1. The predicted molar refractivity (Wildman–Crippen MR) is 238 cm³/mol. The number of aliphatic hydroxyl groups excluding tert-OH is 4. The van der Waals surface area contributed by atoms with Gasteiger partial charge in [0, 0.05) is 84.4 Å². The molecule has 0 aromatic heterocycles. The number of hydrogen-bond acceptors (Lipinski definition) is 14. The van der Waals surface area contributed by atoms with Crippen LogP contribution in [0.3, 0.4) is 0 Å². The summed E-state index contributed by atoms with van der Waals surface area (Å²) in [6, 6.07) is 3.22. The first-order valence-corrected chi connectivity index (χ1v) is 22.1. The quantitative estimate of drug-likeness (QED) is 0.194. The van der Waals surface area contributed by atoms with Crippen molar-refractivity contribution >= 4 is 29.0 Å². The summed E-state index contributed by atoms with van der Waals surface area (Å²) in [5.41, 5.74) is 0.102. The molecule has 1 aromatic rings. The van der Waals surface area contributed by atoms with E-state index in [1.54, 1.807) is 58.9 Å². The fourth-order valence-electron chi connectivity index (χ4n) is 9.34. The molecule has 10 atom stereocenters. The van der Waals surface area contributed by atoms with Crippen LogP contribution in [-0.2, 0) is 19.1 Å². The van der Waals surface area contributed by atoms with E-state index in [0.717, 1.165) is 25.9 Å². The largest absolute Gasteiger partial charge is 0.507 e. The second kappa shape index (κ2) is 17.7. The molecule has 5 bridgehead atoms. The van der Waals surface area contributed by atoms with Crippen LogP contribution in [0.5, 0.6) is 11.5 Å². The van der Waals surface area contributed by atoms with Crippen LogP contribution in [0.1, 0.15) is 92.4 Å². The molecule has 7 aliphatic rings. The molecule has 1 unspecified atom stereocenters. The third-order valence-electron chi connectivity index (χ3n) is 13.9. The maximum atomic E-state index is 14.0. The van der Waals surface area contributed by atoms with Crippen LogP contribution in [0.25, 0.3) is 22.9 Å². The van der Waals surface area contributed by atoms with Gasteiger partial charge in [-0.3, -0.25) is 14.4 Å². The van der Waals surface area contributed by atoms with E-state index < -0.39 is 76.8 Å². The summed E-state index contributed by atoms with van der Waals surface area (Å²) in [5, 5.41) is 62.1. The molecular weight excluding hydrogens is 823 g/mol. The number of fused-ring (bicyclic) bond motifs is 14. The van der Waals surface area contributed by atoms with Crippen LogP contribution in [0, 0.1) is 53.0 Å². The number of carbonyl (C=O) groups excluding carboxylic acids is 2. The fourth-order valence-corrected chi connectivity index (χ4v) is 9.34. The van der Waals surface area contributed by atoms with Crippen molar-refractivity contribution in [3.63, 3.8) is 0 Å². The Morgan fingerprint density at radius 3 is 2.28 bits per heavy atom. The average molecular weight is 884 g/mol. The van der Waals surface area contributed by atoms with E-state index in [1.165, 1.54) is 32.3 Å². The van der Waals surface area contributed by atoms with Gasteiger partial charge < -0.3 is 54.4 Å². The lowest BCUT2D eigenvalue weighted by Crippen LogP contribution is -2.45. The molecule has 344 valence electrons. The Kier molecular flexibility index (Phi) is 12.8. The van der Waals surface area contributed by atoms with Crippen LogP contribution in [-0.4, -0.2) is 79.6 Å². The Bertz CT molecular complexity index is 2700. The monoisotopic (exact) mass is 883 g/mol. The second-order valence-electron chi connectivity index (χ2n) is 18.5. The molecule has 5 aliphatic heterocycles. The number of hydrogen-bond donors (Lipinski definition) is 6. The first-order valence-electron chi connectivity index (χ1n) is 22.1. The SMILES string of the molecule is CC(=O)O[C@H]1[C@H](C)[C@H](O)[C@H](C)[C@@H](O)[C@@H](C)/C=C/C=C(/C)C(=O)NC2=c3oc4cc(N5CCC(C)CC5)cc(=O)c-4nc3=c3c(c(O)c(C)c4c3=C(O)[C@@](C)(O/C=C/[C@H](C)[C@H]1C)O4)C2O. The number of esters is 1. The van der Waals surface area contributed by atoms with Crippen LogP contribution >= 0.6 is 0 Å². The molecule has 8 rings (SSSR count). The molecule has 1 amide bonds. The number of aromatic hydroxyl groups is 1. The number of ether oxygens (including phenoxy) is 3. The molecule has 0 spiro atoms. The third kappa shape index (κ3) is 8.29. The number of nitrogens with zero attached hydrogens (tertiary/aromatic N) is 2. The Morgan fingerprint density at radius 2 is 1.61 bits per heavy atom. The van der Waals surface area contributed by atoms with Crippen LogP contribution in [0.2, 0.25) is 0 Å². The number of nitrogens with one attached hydrogen (secondary N) is 1. The van der Waals surface area contributed by atoms with E-state index in [1.807, 2.05) is 13.8 Å². The van der Waals surface area contributed by atoms with Crippen LogP contribution < -0.4 is 31.0 Å². The molecule has 0 saturated carbocycles. The zero-order chi connectivity index (χ0) is 46.7. The summed E-state index contributed by atoms with van der Waals surface area (Å²) in [6.45, 7) is 18.6. The number of benzene rings is 2. The number of piperidine rings is 1. The van der Waals surface area contributed by atoms with Gasteiger partial charge in [0.05, 0.1) is 29.4 Å². The molecule has 15 nitrogen and oxygen atoms in total. The highest BCUT2D eigenvalue weighted by atomic mass is 16.7. The molecule has 0 radical (unpaired) electrons. The van der Waals surface area contributed by atoms with Gasteiger partial charge in [0.15, 0.2) is 22.6 Å². The highest BCUT2D eigenvalue weighted by molar-refractivity contribution is 5.97. The molecular formula is C49H61N3O12. The lowest BCUT2D eigenvalue weighted by atomic mass is 9.77. The molecule has 2 aliphatic carbocycles. The molecule has 5 heterocycles. The minimum absolute atomic E-state index is 0.0109. The van der Waals surface area contributed by atoms with Crippen molar-refractivity contribution in [3.05, 3.63) is 90.8 Å². The number of carbonyl (C=O) groups is 2. The summed E-state index contributed by atoms with van der Waals surface area (Å²) < 4.78 is 24.8. The molecule has 15 heteroatoms. The second-order valence-corrected chi connectivity index (χ2v) is 18.5. The summed E-state index contributed by atoms with van der Waals surface area (Å²) in [5.74, 6) is -5.71. The van der Waals surface area contributed by atoms with E-state index in [2.05, 4.69) is 17.1 Å². The minimum atomic E-state index is -1.89. The zero-order valence-electron chi connectivity index (χ0n) is 38.1. The summed E-state index contributed by atoms with van der Waals surface area (Å²) in [4.78, 5) is 47.2. The van der Waals surface area contributed by atoms with E-state index >= 15 is 0 Å². The van der Waals surface area contributed by atoms with Gasteiger partial charge in [-0.25, -0.2) is 4.98 Å². The number of phenols is 1. The van der Waals surface area contributed by atoms with Gasteiger partial charge in [-0.15, -0.1) is 0 Å². The number of aromatic nitrogens is 1. The minimum Gasteiger partial charge on any atom is -0.507 e. The average Bonchev–Trinajstić information content (AvgIpc) is 3.52. The van der Waals surface area contributed by atoms with Crippen molar-refractivity contribution < 1.29 is 53.7 Å². The molecule has 1 fully saturated rings. The zero-order valence-corrected chi connectivity index (χ0v) is 38.1. The number of phenolic OH excluding ortho intramolecular Hbond substituents is 1. The summed E-state index contributed by atoms with van der Waals surface area (Å²) in [6.07, 6.45) is 5.16. The fraction of sp³-hybridized carbons (Fsp3) is 0.510. The standard InChI is InChI=1S/C49H61N3O12/c1-22-14-17-52(18-15-22)31-20-32(54)37-33(21-31)63-46-38(50-37)34-35-42(57)29(8)45-36(34)47(59)49(10,64-45)61-19-16-23(2)26(5)44(62-30(9)53)28(7)41(56)27(6)40(55)24(3)12-11-13-25(4)48(60)51-39(46)43(35)58/h11-13,16,19-24,26-28,40-41,43-44,55-59H,14-15,17-18H2,1-10H3,(H,51,60)/b12-11+,19-16+,25-13-/t23-,24-,26+,27+,28+,40-,41+,43?,44+,49-/m0/s1. The summed E-state index contributed by atoms with van der Waals surface area (Å²) in [7, 11) is 0. The number of rotatable bonds is 2. The first kappa shape index (κ1) is 46.4. The van der Waals surface area contributed by atoms with Gasteiger partial charge >= 0.3 is 11.8 Å². The lowest BCUT2D eigenvalue weighted by molar-refractivity contribution is -0.158. The van der Waals surface area contributed by atoms with E-state index in [0.29, 0.717) is 11.6 Å². The Morgan fingerprint density at radius 1 is 0.922 bits per heavy atom. The number of anilines is 1. The Balaban J connectivity index is 1.48. The normalized spacial score (nSPS) is 32.2. The van der Waals surface area contributed by atoms with Crippen molar-refractivity contribution in [1.82, 2.24) is 10.3 Å². The molecule has 64 heavy (non-hydrogen) atoms. The van der Waals surface area contributed by atoms with Gasteiger partial charge in [-0.05, 0) is 50.5 Å². The van der Waals surface area contributed by atoms with Crippen molar-refractivity contribution in [3.8, 4) is 23.0 Å². The van der Waals surface area contributed by atoms with Crippen LogP contribution in [0.4, 0.5) is 5.69 Å². The van der Waals surface area contributed by atoms with Gasteiger partial charge in [-0.1, -0.05) is 59.8 Å². The maximum Gasteiger partial charge on any atom is 0.307 e. The molecule has 1 aromatic carbocycles. The number of aliphatic hydroxyl groups is 4. The highest BCUT2D eigenvalue weighted by Gasteiger charge is 2.45. The number of allylic oxidation sites excluding steroid dienone is 3. The van der Waals surface area contributed by atoms with Gasteiger partial charge in [0.2, 0.25) is 5.43 Å². The predicted octanol–water partition coefficient (Wildman–Crippen LogP) is 4.60. The van der Waals surface area contributed by atoms with E-state index in [4.69, 9.17) is 23.6 Å². The topological polar surface area (TPSA) is 221 Å². The van der Waals surface area contributed by atoms with E-state index in [-0.39, 0.29) is 72.6 Å². The van der Waals surface area contributed by atoms with Gasteiger partial charge in [0.1, 0.15) is 29.1 Å². The Hall–Kier alpha value is -5.64. The van der Waals surface area contributed by atoms with E-state index in [9.17, 15) is 39.9 Å². The smallest absolute Gasteiger partial charge is 0.307 e. The van der Waals surface area contributed by atoms with Gasteiger partial charge in [0.25, 0.3) is 5.91 Å². The van der Waals surface area contributed by atoms with Crippen molar-refractivity contribution in [1.29, 1.82) is 0 Å². The van der Waals surface area contributed by atoms with Crippen molar-refractivity contribution in [2.45, 2.75) is 112 Å². The Labute approximate surface area is 371 Å². The van der Waals surface area contributed by atoms with Crippen molar-refractivity contribution in [2.75, 3.05) is 18.0 Å². The third-order valence-corrected chi connectivity index (χ3v) is 13.9. The summed E-state index contributed by atoms with van der Waals surface area (Å²) >= 11 is 0. The molecule has 1 saturated heterocycles. The first-order chi connectivity index (χ1) is 30.1. The van der Waals surface area contributed by atoms with Crippen molar-refractivity contribution in [2.24, 2.45) is 35.5 Å². The lowest BCUT2D eigenvalue weighted by Gasteiger charge is -2.37. The highest BCUT2D eigenvalue weighted by Crippen LogP contribution is 2.42. The maximum absolute atomic E-state index is 14.0.